The summed E-state index contributed by atoms with van der Waals surface area (Å²) in [7, 11) is 0. The van der Waals surface area contributed by atoms with E-state index >= 15 is 0 Å². The normalized spacial score (nSPS) is 13.3. The lowest BCUT2D eigenvalue weighted by molar-refractivity contribution is 0.835. The van der Waals surface area contributed by atoms with Crippen LogP contribution in [0.5, 0.6) is 0 Å². The second-order valence-electron chi connectivity index (χ2n) is 6.03. The molecule has 0 atom stereocenters. The molecule has 0 fully saturated rings. The number of H-pyrrole nitrogens is 1. The van der Waals surface area contributed by atoms with E-state index in [1.54, 1.807) is 17.6 Å². The zero-order valence-electron chi connectivity index (χ0n) is 13.7. The first-order valence-electron chi connectivity index (χ1n) is 8.15. The second kappa shape index (κ2) is 6.19. The minimum absolute atomic E-state index is 0.143. The van der Waals surface area contributed by atoms with Gasteiger partial charge in [-0.1, -0.05) is 18.2 Å². The van der Waals surface area contributed by atoms with Crippen molar-refractivity contribution in [1.29, 1.82) is 5.26 Å². The lowest BCUT2D eigenvalue weighted by atomic mass is 10.1. The topological polar surface area (TPSA) is 73.9 Å². The Morgan fingerprint density at radius 1 is 1.32 bits per heavy atom. The van der Waals surface area contributed by atoms with Crippen molar-refractivity contribution in [2.24, 2.45) is 4.99 Å². The predicted molar refractivity (Wildman–Crippen MR) is 99.4 cm³/mol. The van der Waals surface area contributed by atoms with E-state index in [0.29, 0.717) is 16.1 Å². The number of aromatic nitrogens is 2. The molecule has 0 saturated heterocycles. The van der Waals surface area contributed by atoms with Crippen LogP contribution in [-0.2, 0) is 12.8 Å². The number of para-hydroxylation sites is 1. The zero-order valence-corrected chi connectivity index (χ0v) is 14.6. The number of hydrogen-bond acceptors (Lipinski definition) is 4. The molecule has 0 radical (unpaired) electrons. The summed E-state index contributed by atoms with van der Waals surface area (Å²) in [5, 5.41) is 13.2. The van der Waals surface area contributed by atoms with Crippen LogP contribution in [-0.4, -0.2) is 16.0 Å². The van der Waals surface area contributed by atoms with Crippen molar-refractivity contribution in [2.45, 2.75) is 26.2 Å². The number of aromatic amines is 1. The molecule has 1 aliphatic carbocycles. The minimum atomic E-state index is -0.143. The lowest BCUT2D eigenvalue weighted by Crippen LogP contribution is -2.17. The molecule has 1 aliphatic rings. The average molecular weight is 348 g/mol. The molecular weight excluding hydrogens is 332 g/mol. The maximum absolute atomic E-state index is 12.7. The van der Waals surface area contributed by atoms with Crippen molar-refractivity contribution in [1.82, 2.24) is 9.78 Å². The SMILES string of the molecule is Cc1[nH]n(-c2ccccc2)c(=O)c1C=Nc1sc2c(c1C#N)CCC2. The first-order valence-corrected chi connectivity index (χ1v) is 8.96. The standard InChI is InChI=1S/C19H16N4OS/c1-12-16(19(24)23(22-12)13-6-3-2-4-7-13)11-21-18-15(10-20)14-8-5-9-17(14)25-18/h2-4,6-7,11,22H,5,8-9H2,1H3. The monoisotopic (exact) mass is 348 g/mol. The fourth-order valence-corrected chi connectivity index (χ4v) is 4.37. The number of fused-ring (bicyclic) bond motifs is 1. The highest BCUT2D eigenvalue weighted by Gasteiger charge is 2.21. The van der Waals surface area contributed by atoms with Crippen LogP contribution in [0.2, 0.25) is 0 Å². The molecule has 4 rings (SSSR count). The zero-order chi connectivity index (χ0) is 17.4. The van der Waals surface area contributed by atoms with Gasteiger partial charge in [0, 0.05) is 16.8 Å². The molecule has 2 heterocycles. The molecule has 6 heteroatoms. The molecule has 0 aliphatic heterocycles. The van der Waals surface area contributed by atoms with Crippen molar-refractivity contribution in [2.75, 3.05) is 0 Å². The molecule has 0 saturated carbocycles. The number of hydrogen-bond donors (Lipinski definition) is 1. The van der Waals surface area contributed by atoms with Crippen molar-refractivity contribution >= 4 is 22.6 Å². The van der Waals surface area contributed by atoms with Crippen molar-refractivity contribution < 1.29 is 0 Å². The number of nitriles is 1. The van der Waals surface area contributed by atoms with Gasteiger partial charge in [0.05, 0.1) is 16.8 Å². The fraction of sp³-hybridized carbons (Fsp3) is 0.211. The first-order chi connectivity index (χ1) is 12.2. The second-order valence-corrected chi connectivity index (χ2v) is 7.12. The highest BCUT2D eigenvalue weighted by atomic mass is 32.1. The van der Waals surface area contributed by atoms with Gasteiger partial charge in [0.1, 0.15) is 11.1 Å². The number of nitrogens with zero attached hydrogens (tertiary/aromatic N) is 3. The largest absolute Gasteiger partial charge is 0.295 e. The first kappa shape index (κ1) is 15.6. The van der Waals surface area contributed by atoms with Crippen LogP contribution >= 0.6 is 11.3 Å². The van der Waals surface area contributed by atoms with Crippen LogP contribution in [0.25, 0.3) is 5.69 Å². The van der Waals surface area contributed by atoms with Gasteiger partial charge in [-0.25, -0.2) is 9.67 Å². The molecule has 0 amide bonds. The van der Waals surface area contributed by atoms with Gasteiger partial charge in [0.2, 0.25) is 0 Å². The summed E-state index contributed by atoms with van der Waals surface area (Å²) in [6.07, 6.45) is 4.66. The number of benzene rings is 1. The van der Waals surface area contributed by atoms with Crippen molar-refractivity contribution in [3.05, 3.63) is 67.9 Å². The Morgan fingerprint density at radius 2 is 2.12 bits per heavy atom. The Bertz CT molecular complexity index is 1060. The van der Waals surface area contributed by atoms with Gasteiger partial charge >= 0.3 is 0 Å². The number of aliphatic imine (C=N–C) groups is 1. The van der Waals surface area contributed by atoms with E-state index in [9.17, 15) is 10.1 Å². The van der Waals surface area contributed by atoms with Gasteiger partial charge in [-0.15, -0.1) is 11.3 Å². The van der Waals surface area contributed by atoms with Crippen LogP contribution in [0.4, 0.5) is 5.00 Å². The van der Waals surface area contributed by atoms with Crippen LogP contribution in [0, 0.1) is 18.3 Å². The summed E-state index contributed by atoms with van der Waals surface area (Å²) in [5.74, 6) is 0. The van der Waals surface area contributed by atoms with E-state index in [1.165, 1.54) is 9.56 Å². The Morgan fingerprint density at radius 3 is 2.88 bits per heavy atom. The number of aryl methyl sites for hydroxylation is 2. The van der Waals surface area contributed by atoms with Crippen LogP contribution < -0.4 is 5.56 Å². The maximum atomic E-state index is 12.7. The molecule has 1 aromatic carbocycles. The Hall–Kier alpha value is -2.91. The molecule has 0 spiro atoms. The van der Waals surface area contributed by atoms with Crippen LogP contribution in [0.15, 0.2) is 40.1 Å². The lowest BCUT2D eigenvalue weighted by Gasteiger charge is -1.99. The van der Waals surface area contributed by atoms with Gasteiger partial charge in [-0.3, -0.25) is 9.89 Å². The van der Waals surface area contributed by atoms with Crippen LogP contribution in [0.3, 0.4) is 0 Å². The fourth-order valence-electron chi connectivity index (χ4n) is 3.19. The maximum Gasteiger partial charge on any atom is 0.280 e. The third-order valence-corrected chi connectivity index (χ3v) is 5.66. The van der Waals surface area contributed by atoms with E-state index < -0.39 is 0 Å². The van der Waals surface area contributed by atoms with Gasteiger partial charge in [-0.2, -0.15) is 5.26 Å². The van der Waals surface area contributed by atoms with Gasteiger partial charge in [0.15, 0.2) is 0 Å². The summed E-state index contributed by atoms with van der Waals surface area (Å²) in [5.41, 5.74) is 3.72. The summed E-state index contributed by atoms with van der Waals surface area (Å²) in [4.78, 5) is 18.4. The predicted octanol–water partition coefficient (Wildman–Crippen LogP) is 3.65. The van der Waals surface area contributed by atoms with E-state index in [1.807, 2.05) is 37.3 Å². The van der Waals surface area contributed by atoms with Gasteiger partial charge in [-0.05, 0) is 43.9 Å². The average Bonchev–Trinajstić information content (AvgIpc) is 3.27. The molecule has 1 N–H and O–H groups in total. The van der Waals surface area contributed by atoms with E-state index in [-0.39, 0.29) is 5.56 Å². The van der Waals surface area contributed by atoms with Gasteiger partial charge < -0.3 is 0 Å². The minimum Gasteiger partial charge on any atom is -0.295 e. The van der Waals surface area contributed by atoms with Crippen LogP contribution in [0.1, 0.15) is 33.7 Å². The molecule has 0 bridgehead atoms. The van der Waals surface area contributed by atoms with Crippen molar-refractivity contribution in [3.8, 4) is 11.8 Å². The van der Waals surface area contributed by atoms with E-state index in [2.05, 4.69) is 16.2 Å². The molecule has 3 aromatic rings. The summed E-state index contributed by atoms with van der Waals surface area (Å²) >= 11 is 1.57. The molecule has 2 aromatic heterocycles. The summed E-state index contributed by atoms with van der Waals surface area (Å²) < 4.78 is 1.51. The summed E-state index contributed by atoms with van der Waals surface area (Å²) in [6.45, 7) is 1.85. The molecule has 124 valence electrons. The Kier molecular flexibility index (Phi) is 3.86. The number of nitrogens with one attached hydrogen (secondary N) is 1. The highest BCUT2D eigenvalue weighted by molar-refractivity contribution is 7.16. The van der Waals surface area contributed by atoms with E-state index in [0.717, 1.165) is 36.2 Å². The quantitative estimate of drug-likeness (QED) is 0.734. The third-order valence-electron chi connectivity index (χ3n) is 4.46. The molecule has 0 unspecified atom stereocenters. The number of thiophene rings is 1. The highest BCUT2D eigenvalue weighted by Crippen LogP contribution is 2.40. The Labute approximate surface area is 148 Å². The third kappa shape index (κ3) is 2.63. The number of rotatable bonds is 3. The molecule has 25 heavy (non-hydrogen) atoms. The smallest absolute Gasteiger partial charge is 0.280 e. The van der Waals surface area contributed by atoms with E-state index in [4.69, 9.17) is 0 Å². The Balaban J connectivity index is 1.73. The summed E-state index contributed by atoms with van der Waals surface area (Å²) in [6, 6.07) is 11.7. The molecule has 5 nitrogen and oxygen atoms in total. The van der Waals surface area contributed by atoms with Crippen molar-refractivity contribution in [3.63, 3.8) is 0 Å². The van der Waals surface area contributed by atoms with Gasteiger partial charge in [0.25, 0.3) is 5.56 Å². The molecular formula is C19H16N4OS.